The van der Waals surface area contributed by atoms with Crippen LogP contribution in [0.15, 0.2) is 29.3 Å². The van der Waals surface area contributed by atoms with Gasteiger partial charge in [0.15, 0.2) is 11.6 Å². The van der Waals surface area contributed by atoms with E-state index in [1.165, 1.54) is 0 Å². The fourth-order valence-corrected chi connectivity index (χ4v) is 1.53. The topological polar surface area (TPSA) is 96.4 Å². The molecule has 0 amide bonds. The molecule has 0 aromatic heterocycles. The summed E-state index contributed by atoms with van der Waals surface area (Å²) in [6, 6.07) is 6.72. The zero-order valence-corrected chi connectivity index (χ0v) is 9.06. The SMILES string of the molecule is N=C1CC(=O)C(=Nc2ccc(N)cc2)CC1=O. The van der Waals surface area contributed by atoms with Gasteiger partial charge in [0, 0.05) is 5.69 Å². The standard InChI is InChI=1S/C12H11N3O2/c13-7-1-3-8(4-2-7)15-10-6-11(16)9(14)5-12(10)17/h1-4,14H,5-6,13H2. The number of carbonyl (C=O) groups is 2. The van der Waals surface area contributed by atoms with Crippen molar-refractivity contribution in [3.8, 4) is 0 Å². The number of nitrogen functional groups attached to an aromatic ring is 1. The van der Waals surface area contributed by atoms with Gasteiger partial charge < -0.3 is 11.1 Å². The van der Waals surface area contributed by atoms with Gasteiger partial charge in [0.2, 0.25) is 0 Å². The highest BCUT2D eigenvalue weighted by molar-refractivity contribution is 6.60. The molecule has 0 spiro atoms. The van der Waals surface area contributed by atoms with Gasteiger partial charge in [0.05, 0.1) is 30.0 Å². The first kappa shape index (κ1) is 11.2. The number of nitrogens with zero attached hydrogens (tertiary/aromatic N) is 1. The summed E-state index contributed by atoms with van der Waals surface area (Å²) in [5.74, 6) is -0.592. The molecule has 86 valence electrons. The maximum Gasteiger partial charge on any atom is 0.183 e. The van der Waals surface area contributed by atoms with E-state index in [4.69, 9.17) is 11.1 Å². The molecule has 5 heteroatoms. The Morgan fingerprint density at radius 1 is 1.06 bits per heavy atom. The monoisotopic (exact) mass is 229 g/mol. The molecule has 1 aliphatic rings. The van der Waals surface area contributed by atoms with Crippen LogP contribution in [0, 0.1) is 5.41 Å². The number of rotatable bonds is 1. The van der Waals surface area contributed by atoms with Crippen molar-refractivity contribution >= 4 is 34.4 Å². The number of hydrogen-bond donors (Lipinski definition) is 2. The fourth-order valence-electron chi connectivity index (χ4n) is 1.53. The number of benzene rings is 1. The van der Waals surface area contributed by atoms with Gasteiger partial charge >= 0.3 is 0 Å². The van der Waals surface area contributed by atoms with E-state index in [0.29, 0.717) is 11.4 Å². The smallest absolute Gasteiger partial charge is 0.183 e. The second-order valence-corrected chi connectivity index (χ2v) is 3.83. The first-order chi connectivity index (χ1) is 8.06. The molecule has 1 aromatic carbocycles. The minimum Gasteiger partial charge on any atom is -0.399 e. The predicted molar refractivity (Wildman–Crippen MR) is 64.9 cm³/mol. The molecule has 3 N–H and O–H groups in total. The molecular weight excluding hydrogens is 218 g/mol. The zero-order valence-electron chi connectivity index (χ0n) is 9.06. The highest BCUT2D eigenvalue weighted by Crippen LogP contribution is 2.17. The number of aliphatic imine (C=N–C) groups is 1. The van der Waals surface area contributed by atoms with Crippen molar-refractivity contribution in [1.29, 1.82) is 5.41 Å². The first-order valence-corrected chi connectivity index (χ1v) is 5.13. The van der Waals surface area contributed by atoms with Crippen LogP contribution < -0.4 is 5.73 Å². The van der Waals surface area contributed by atoms with Gasteiger partial charge in [-0.2, -0.15) is 0 Å². The molecule has 1 aliphatic carbocycles. The van der Waals surface area contributed by atoms with Crippen LogP contribution in [0.25, 0.3) is 0 Å². The van der Waals surface area contributed by atoms with Gasteiger partial charge in [-0.15, -0.1) is 0 Å². The summed E-state index contributed by atoms with van der Waals surface area (Å²) >= 11 is 0. The summed E-state index contributed by atoms with van der Waals surface area (Å²) in [6.45, 7) is 0. The molecule has 0 atom stereocenters. The van der Waals surface area contributed by atoms with E-state index < -0.39 is 0 Å². The lowest BCUT2D eigenvalue weighted by Crippen LogP contribution is -2.32. The lowest BCUT2D eigenvalue weighted by Gasteiger charge is -2.11. The number of nitrogens with one attached hydrogen (secondary N) is 1. The fraction of sp³-hybridized carbons (Fsp3) is 0.167. The zero-order chi connectivity index (χ0) is 12.4. The van der Waals surface area contributed by atoms with Crippen LogP contribution in [0.5, 0.6) is 0 Å². The Hall–Kier alpha value is -2.30. The van der Waals surface area contributed by atoms with Gasteiger partial charge in [-0.1, -0.05) is 0 Å². The maximum atomic E-state index is 11.6. The third-order valence-corrected chi connectivity index (χ3v) is 2.48. The van der Waals surface area contributed by atoms with E-state index in [0.717, 1.165) is 0 Å². The average Bonchev–Trinajstić information content (AvgIpc) is 2.29. The Balaban J connectivity index is 2.27. The third-order valence-electron chi connectivity index (χ3n) is 2.48. The summed E-state index contributed by atoms with van der Waals surface area (Å²) in [5.41, 5.74) is 6.81. The summed E-state index contributed by atoms with van der Waals surface area (Å²) in [5, 5.41) is 7.28. The van der Waals surface area contributed by atoms with Crippen molar-refractivity contribution in [3.05, 3.63) is 24.3 Å². The third kappa shape index (κ3) is 2.44. The second-order valence-electron chi connectivity index (χ2n) is 3.83. The number of carbonyl (C=O) groups excluding carboxylic acids is 2. The van der Waals surface area contributed by atoms with Gasteiger partial charge in [-0.05, 0) is 24.3 Å². The molecule has 0 radical (unpaired) electrons. The number of hydrogen-bond acceptors (Lipinski definition) is 5. The van der Waals surface area contributed by atoms with Gasteiger partial charge in [0.1, 0.15) is 0 Å². The lowest BCUT2D eigenvalue weighted by molar-refractivity contribution is -0.116. The number of Topliss-reactive ketones (excluding diaryl/α,β-unsaturated/α-hetero) is 2. The molecule has 0 heterocycles. The van der Waals surface area contributed by atoms with Crippen LogP contribution in [0.3, 0.4) is 0 Å². The normalized spacial score (nSPS) is 18.8. The molecule has 1 fully saturated rings. The van der Waals surface area contributed by atoms with Crippen molar-refractivity contribution in [2.45, 2.75) is 12.8 Å². The van der Waals surface area contributed by atoms with Crippen molar-refractivity contribution in [1.82, 2.24) is 0 Å². The van der Waals surface area contributed by atoms with E-state index in [2.05, 4.69) is 4.99 Å². The van der Waals surface area contributed by atoms with E-state index in [1.807, 2.05) is 0 Å². The molecular formula is C12H11N3O2. The number of anilines is 1. The van der Waals surface area contributed by atoms with Crippen LogP contribution in [-0.2, 0) is 9.59 Å². The van der Waals surface area contributed by atoms with E-state index in [1.54, 1.807) is 24.3 Å². The van der Waals surface area contributed by atoms with Crippen LogP contribution in [0.1, 0.15) is 12.8 Å². The van der Waals surface area contributed by atoms with E-state index >= 15 is 0 Å². The molecule has 5 nitrogen and oxygen atoms in total. The molecule has 0 bridgehead atoms. The highest BCUT2D eigenvalue weighted by Gasteiger charge is 2.27. The summed E-state index contributed by atoms with van der Waals surface area (Å²) in [7, 11) is 0. The maximum absolute atomic E-state index is 11.6. The van der Waals surface area contributed by atoms with Crippen LogP contribution in [-0.4, -0.2) is 23.0 Å². The predicted octanol–water partition coefficient (Wildman–Crippen LogP) is 1.29. The number of nitrogens with two attached hydrogens (primary N) is 1. The first-order valence-electron chi connectivity index (χ1n) is 5.13. The summed E-state index contributed by atoms with van der Waals surface area (Å²) in [6.07, 6.45) is -0.227. The second kappa shape index (κ2) is 4.29. The molecule has 2 rings (SSSR count). The van der Waals surface area contributed by atoms with Gasteiger partial charge in [-0.25, -0.2) is 4.99 Å². The molecule has 17 heavy (non-hydrogen) atoms. The Kier molecular flexibility index (Phi) is 2.82. The summed E-state index contributed by atoms with van der Waals surface area (Å²) < 4.78 is 0. The van der Waals surface area contributed by atoms with E-state index in [-0.39, 0.29) is 35.8 Å². The Bertz CT molecular complexity index is 529. The Morgan fingerprint density at radius 2 is 1.71 bits per heavy atom. The largest absolute Gasteiger partial charge is 0.399 e. The quantitative estimate of drug-likeness (QED) is 0.710. The van der Waals surface area contributed by atoms with Crippen molar-refractivity contribution in [2.24, 2.45) is 4.99 Å². The lowest BCUT2D eigenvalue weighted by atomic mass is 9.94. The molecule has 0 aliphatic heterocycles. The molecule has 1 saturated carbocycles. The van der Waals surface area contributed by atoms with Gasteiger partial charge in [-0.3, -0.25) is 9.59 Å². The van der Waals surface area contributed by atoms with Crippen LogP contribution in [0.4, 0.5) is 11.4 Å². The van der Waals surface area contributed by atoms with Crippen molar-refractivity contribution < 1.29 is 9.59 Å². The highest BCUT2D eigenvalue weighted by atomic mass is 16.1. The Labute approximate surface area is 97.9 Å². The summed E-state index contributed by atoms with van der Waals surface area (Å²) in [4.78, 5) is 27.0. The molecule has 0 saturated heterocycles. The van der Waals surface area contributed by atoms with E-state index in [9.17, 15) is 9.59 Å². The van der Waals surface area contributed by atoms with Gasteiger partial charge in [0.25, 0.3) is 0 Å². The van der Waals surface area contributed by atoms with Crippen LogP contribution >= 0.6 is 0 Å². The average molecular weight is 229 g/mol. The number of ketones is 2. The minimum atomic E-state index is -0.334. The van der Waals surface area contributed by atoms with Crippen LogP contribution in [0.2, 0.25) is 0 Å². The minimum absolute atomic E-state index is 0.0813. The molecule has 1 aromatic rings. The molecule has 0 unspecified atom stereocenters. The van der Waals surface area contributed by atoms with Crippen molar-refractivity contribution in [3.63, 3.8) is 0 Å². The van der Waals surface area contributed by atoms with Crippen molar-refractivity contribution in [2.75, 3.05) is 5.73 Å². The Morgan fingerprint density at radius 3 is 2.35 bits per heavy atom.